The molecule has 0 unspecified atom stereocenters. The Morgan fingerprint density at radius 1 is 0.967 bits per heavy atom. The van der Waals surface area contributed by atoms with Gasteiger partial charge < -0.3 is 14.7 Å². The number of rotatable bonds is 4. The van der Waals surface area contributed by atoms with Gasteiger partial charge in [-0.25, -0.2) is 4.98 Å². The van der Waals surface area contributed by atoms with E-state index in [1.807, 2.05) is 13.0 Å². The molecule has 9 heteroatoms. The second-order valence-electron chi connectivity index (χ2n) is 7.77. The summed E-state index contributed by atoms with van der Waals surface area (Å²) >= 11 is 0. The number of piperidine rings is 1. The Balaban J connectivity index is 1.45. The Kier molecular flexibility index (Phi) is 5.78. The van der Waals surface area contributed by atoms with Gasteiger partial charge in [-0.15, -0.1) is 0 Å². The fraction of sp³-hybridized carbons (Fsp3) is 0.476. The first-order valence-electron chi connectivity index (χ1n) is 10.4. The van der Waals surface area contributed by atoms with Gasteiger partial charge in [-0.05, 0) is 32.3 Å². The second-order valence-corrected chi connectivity index (χ2v) is 7.77. The molecule has 3 heterocycles. The van der Waals surface area contributed by atoms with E-state index < -0.39 is 4.92 Å². The molecule has 0 spiro atoms. The van der Waals surface area contributed by atoms with Crippen molar-refractivity contribution in [1.82, 2.24) is 14.9 Å². The van der Waals surface area contributed by atoms with E-state index in [2.05, 4.69) is 14.8 Å². The number of nitro benzene ring substituents is 1. The van der Waals surface area contributed by atoms with E-state index in [0.29, 0.717) is 32.1 Å². The van der Waals surface area contributed by atoms with Crippen LogP contribution in [0.4, 0.5) is 17.5 Å². The molecule has 1 aromatic carbocycles. The van der Waals surface area contributed by atoms with Crippen LogP contribution in [0.3, 0.4) is 0 Å². The Morgan fingerprint density at radius 2 is 1.67 bits per heavy atom. The van der Waals surface area contributed by atoms with Crippen LogP contribution in [0.25, 0.3) is 0 Å². The van der Waals surface area contributed by atoms with Crippen LogP contribution in [-0.4, -0.2) is 65.0 Å². The van der Waals surface area contributed by atoms with Crippen LogP contribution in [0, 0.1) is 17.0 Å². The van der Waals surface area contributed by atoms with E-state index in [0.717, 1.165) is 24.6 Å². The average molecular weight is 410 g/mol. The molecule has 2 aliphatic rings. The minimum atomic E-state index is -0.508. The van der Waals surface area contributed by atoms with Crippen molar-refractivity contribution in [3.8, 4) is 0 Å². The summed E-state index contributed by atoms with van der Waals surface area (Å²) in [7, 11) is 0. The number of hydrogen-bond donors (Lipinski definition) is 0. The number of aromatic nitrogens is 2. The van der Waals surface area contributed by atoms with Crippen molar-refractivity contribution in [2.75, 3.05) is 49.1 Å². The number of anilines is 2. The van der Waals surface area contributed by atoms with E-state index >= 15 is 0 Å². The van der Waals surface area contributed by atoms with Crippen molar-refractivity contribution >= 4 is 23.4 Å². The first-order valence-corrected chi connectivity index (χ1v) is 10.4. The highest BCUT2D eigenvalue weighted by Gasteiger charge is 2.28. The maximum atomic E-state index is 12.8. The summed E-state index contributed by atoms with van der Waals surface area (Å²) in [6.45, 7) is 6.15. The highest BCUT2D eigenvalue weighted by Crippen LogP contribution is 2.23. The maximum absolute atomic E-state index is 12.8. The van der Waals surface area contributed by atoms with E-state index in [1.54, 1.807) is 17.0 Å². The summed E-state index contributed by atoms with van der Waals surface area (Å²) in [4.78, 5) is 39.1. The number of carbonyl (C=O) groups is 1. The van der Waals surface area contributed by atoms with Gasteiger partial charge in [-0.3, -0.25) is 14.9 Å². The Morgan fingerprint density at radius 3 is 2.37 bits per heavy atom. The van der Waals surface area contributed by atoms with Crippen molar-refractivity contribution in [2.24, 2.45) is 0 Å². The molecule has 2 aromatic rings. The molecule has 1 aromatic heterocycles. The first-order chi connectivity index (χ1) is 14.5. The van der Waals surface area contributed by atoms with Gasteiger partial charge in [0.05, 0.1) is 4.92 Å². The molecular formula is C21H26N6O3. The summed E-state index contributed by atoms with van der Waals surface area (Å²) in [5.41, 5.74) is 0.909. The molecule has 2 saturated heterocycles. The van der Waals surface area contributed by atoms with Gasteiger partial charge >= 0.3 is 0 Å². The van der Waals surface area contributed by atoms with Crippen molar-refractivity contribution < 1.29 is 9.72 Å². The van der Waals surface area contributed by atoms with Gasteiger partial charge in [0.2, 0.25) is 5.95 Å². The summed E-state index contributed by atoms with van der Waals surface area (Å²) < 4.78 is 0. The number of aryl methyl sites for hydroxylation is 1. The van der Waals surface area contributed by atoms with E-state index in [1.165, 1.54) is 31.4 Å². The number of nitro groups is 1. The van der Waals surface area contributed by atoms with Gasteiger partial charge in [0.25, 0.3) is 11.6 Å². The lowest BCUT2D eigenvalue weighted by molar-refractivity contribution is -0.385. The molecule has 2 aliphatic heterocycles. The fourth-order valence-electron chi connectivity index (χ4n) is 4.06. The van der Waals surface area contributed by atoms with Crippen LogP contribution in [0.15, 0.2) is 30.3 Å². The van der Waals surface area contributed by atoms with E-state index in [9.17, 15) is 14.9 Å². The molecule has 0 atom stereocenters. The normalized spacial score (nSPS) is 17.2. The standard InChI is InChI=1S/C21H26N6O3/c1-16-15-19(24-9-5-2-6-10-24)23-21(22-16)26-13-11-25(12-14-26)20(28)17-7-3-4-8-18(17)27(29)30/h3-4,7-8,15H,2,5-6,9-14H2,1H3. The number of piperazine rings is 1. The smallest absolute Gasteiger partial charge is 0.282 e. The predicted molar refractivity (Wildman–Crippen MR) is 114 cm³/mol. The maximum Gasteiger partial charge on any atom is 0.282 e. The van der Waals surface area contributed by atoms with Gasteiger partial charge in [0, 0.05) is 57.1 Å². The quantitative estimate of drug-likeness (QED) is 0.565. The van der Waals surface area contributed by atoms with Crippen LogP contribution in [0.2, 0.25) is 0 Å². The predicted octanol–water partition coefficient (Wildman–Crippen LogP) is 2.65. The lowest BCUT2D eigenvalue weighted by Crippen LogP contribution is -2.49. The van der Waals surface area contributed by atoms with Crippen molar-refractivity contribution in [3.05, 3.63) is 51.7 Å². The second kappa shape index (κ2) is 8.64. The third kappa shape index (κ3) is 4.19. The molecule has 30 heavy (non-hydrogen) atoms. The van der Waals surface area contributed by atoms with Gasteiger partial charge in [0.15, 0.2) is 0 Å². The Labute approximate surface area is 175 Å². The third-order valence-corrected chi connectivity index (χ3v) is 5.69. The number of benzene rings is 1. The van der Waals surface area contributed by atoms with Crippen LogP contribution >= 0.6 is 0 Å². The SMILES string of the molecule is Cc1cc(N2CCCCC2)nc(N2CCN(C(=O)c3ccccc3[N+](=O)[O-])CC2)n1. The zero-order valence-corrected chi connectivity index (χ0v) is 17.2. The molecule has 4 rings (SSSR count). The molecule has 0 N–H and O–H groups in total. The molecule has 2 fully saturated rings. The largest absolute Gasteiger partial charge is 0.356 e. The third-order valence-electron chi connectivity index (χ3n) is 5.69. The minimum absolute atomic E-state index is 0.134. The molecule has 1 amide bonds. The molecule has 0 saturated carbocycles. The van der Waals surface area contributed by atoms with E-state index in [-0.39, 0.29) is 17.2 Å². The number of amides is 1. The zero-order chi connectivity index (χ0) is 21.1. The van der Waals surface area contributed by atoms with Gasteiger partial charge in [-0.1, -0.05) is 12.1 Å². The molecule has 9 nitrogen and oxygen atoms in total. The van der Waals surface area contributed by atoms with E-state index in [4.69, 9.17) is 4.98 Å². The molecule has 0 radical (unpaired) electrons. The summed E-state index contributed by atoms with van der Waals surface area (Å²) in [5.74, 6) is 1.35. The Bertz CT molecular complexity index is 936. The number of hydrogen-bond acceptors (Lipinski definition) is 7. The zero-order valence-electron chi connectivity index (χ0n) is 17.2. The summed E-state index contributed by atoms with van der Waals surface area (Å²) in [6.07, 6.45) is 3.64. The van der Waals surface area contributed by atoms with Gasteiger partial charge in [0.1, 0.15) is 11.4 Å². The molecule has 158 valence electrons. The lowest BCUT2D eigenvalue weighted by atomic mass is 10.1. The van der Waals surface area contributed by atoms with Crippen LogP contribution in [0.5, 0.6) is 0 Å². The van der Waals surface area contributed by atoms with Crippen molar-refractivity contribution in [2.45, 2.75) is 26.2 Å². The topological polar surface area (TPSA) is 95.7 Å². The highest BCUT2D eigenvalue weighted by atomic mass is 16.6. The minimum Gasteiger partial charge on any atom is -0.356 e. The fourth-order valence-corrected chi connectivity index (χ4v) is 4.06. The van der Waals surface area contributed by atoms with Crippen LogP contribution in [0.1, 0.15) is 35.3 Å². The summed E-state index contributed by atoms with van der Waals surface area (Å²) in [5, 5.41) is 11.2. The van der Waals surface area contributed by atoms with Gasteiger partial charge in [-0.2, -0.15) is 4.98 Å². The van der Waals surface area contributed by atoms with Crippen LogP contribution in [-0.2, 0) is 0 Å². The van der Waals surface area contributed by atoms with Crippen molar-refractivity contribution in [3.63, 3.8) is 0 Å². The number of para-hydroxylation sites is 1. The number of nitrogens with zero attached hydrogens (tertiary/aromatic N) is 6. The van der Waals surface area contributed by atoms with Crippen molar-refractivity contribution in [1.29, 1.82) is 0 Å². The lowest BCUT2D eigenvalue weighted by Gasteiger charge is -2.35. The number of carbonyl (C=O) groups excluding carboxylic acids is 1. The monoisotopic (exact) mass is 410 g/mol. The average Bonchev–Trinajstić information content (AvgIpc) is 2.79. The first kappa shape index (κ1) is 20.1. The highest BCUT2D eigenvalue weighted by molar-refractivity contribution is 5.98. The molecule has 0 bridgehead atoms. The summed E-state index contributed by atoms with van der Waals surface area (Å²) in [6, 6.07) is 8.14. The van der Waals surface area contributed by atoms with Crippen LogP contribution < -0.4 is 9.80 Å². The Hall–Kier alpha value is -3.23. The molecule has 0 aliphatic carbocycles. The molecular weight excluding hydrogens is 384 g/mol.